The Morgan fingerprint density at radius 1 is 1.04 bits per heavy atom. The van der Waals surface area contributed by atoms with E-state index in [4.69, 9.17) is 4.74 Å². The lowest BCUT2D eigenvalue weighted by Gasteiger charge is -2.34. The molecule has 0 atom stereocenters. The van der Waals surface area contributed by atoms with E-state index in [0.717, 1.165) is 29.5 Å². The van der Waals surface area contributed by atoms with Gasteiger partial charge in [0.15, 0.2) is 0 Å². The highest BCUT2D eigenvalue weighted by molar-refractivity contribution is 7.89. The fraction of sp³-hybridized carbons (Fsp3) is 0.333. The Bertz CT molecular complexity index is 882. The van der Waals surface area contributed by atoms with Crippen LogP contribution in [0.5, 0.6) is 5.75 Å². The van der Waals surface area contributed by atoms with Crippen molar-refractivity contribution in [2.24, 2.45) is 0 Å². The molecule has 140 valence electrons. The molecule has 0 bridgehead atoms. The zero-order valence-electron chi connectivity index (χ0n) is 14.4. The maximum absolute atomic E-state index is 13.9. The monoisotopic (exact) mass is 382 g/mol. The third kappa shape index (κ3) is 4.03. The van der Waals surface area contributed by atoms with Crippen LogP contribution < -0.4 is 4.74 Å². The molecule has 8 heteroatoms. The highest BCUT2D eigenvalue weighted by Gasteiger charge is 2.31. The maximum atomic E-state index is 13.9. The average molecular weight is 382 g/mol. The molecule has 5 nitrogen and oxygen atoms in total. The van der Waals surface area contributed by atoms with E-state index in [0.29, 0.717) is 19.6 Å². The van der Waals surface area contributed by atoms with Crippen molar-refractivity contribution in [3.8, 4) is 5.75 Å². The first-order chi connectivity index (χ1) is 12.4. The standard InChI is InChI=1S/C18H20F2N2O3S/c1-25-16-4-2-3-14(11-16)13-21-7-9-22(10-8-21)26(23,24)18-12-15(19)5-6-17(18)20/h2-6,11-12H,7-10,13H2,1H3. The molecule has 1 fully saturated rings. The van der Waals surface area contributed by atoms with Gasteiger partial charge in [0.25, 0.3) is 0 Å². The molecule has 3 rings (SSSR count). The number of nitrogens with zero attached hydrogens (tertiary/aromatic N) is 2. The Labute approximate surface area is 151 Å². The van der Waals surface area contributed by atoms with E-state index < -0.39 is 26.6 Å². The third-order valence-electron chi connectivity index (χ3n) is 4.38. The zero-order valence-corrected chi connectivity index (χ0v) is 15.2. The van der Waals surface area contributed by atoms with Gasteiger partial charge in [0.05, 0.1) is 7.11 Å². The summed E-state index contributed by atoms with van der Waals surface area (Å²) in [4.78, 5) is 1.50. The van der Waals surface area contributed by atoms with Gasteiger partial charge in [-0.1, -0.05) is 12.1 Å². The summed E-state index contributed by atoms with van der Waals surface area (Å²) in [5.41, 5.74) is 1.07. The Morgan fingerprint density at radius 3 is 2.46 bits per heavy atom. The molecule has 0 N–H and O–H groups in total. The summed E-state index contributed by atoms with van der Waals surface area (Å²) in [6, 6.07) is 10.1. The van der Waals surface area contributed by atoms with Crippen LogP contribution in [0.3, 0.4) is 0 Å². The molecule has 0 saturated carbocycles. The largest absolute Gasteiger partial charge is 0.497 e. The summed E-state index contributed by atoms with van der Waals surface area (Å²) in [5, 5.41) is 0. The van der Waals surface area contributed by atoms with Crippen molar-refractivity contribution < 1.29 is 21.9 Å². The smallest absolute Gasteiger partial charge is 0.246 e. The van der Waals surface area contributed by atoms with Crippen LogP contribution in [0.2, 0.25) is 0 Å². The first kappa shape index (κ1) is 18.8. The minimum absolute atomic E-state index is 0.224. The summed E-state index contributed by atoms with van der Waals surface area (Å²) >= 11 is 0. The Kier molecular flexibility index (Phi) is 5.55. The molecular formula is C18H20F2N2O3S. The molecule has 2 aromatic rings. The SMILES string of the molecule is COc1cccc(CN2CCN(S(=O)(=O)c3cc(F)ccc3F)CC2)c1. The number of rotatable bonds is 5. The van der Waals surface area contributed by atoms with Crippen LogP contribution in [0.15, 0.2) is 47.4 Å². The summed E-state index contributed by atoms with van der Waals surface area (Å²) in [6.07, 6.45) is 0. The maximum Gasteiger partial charge on any atom is 0.246 e. The highest BCUT2D eigenvalue weighted by atomic mass is 32.2. The molecule has 1 saturated heterocycles. The van der Waals surface area contributed by atoms with Crippen LogP contribution >= 0.6 is 0 Å². The van der Waals surface area contributed by atoms with Gasteiger partial charge in [-0.05, 0) is 35.9 Å². The molecule has 0 aliphatic carbocycles. The first-order valence-corrected chi connectivity index (χ1v) is 9.64. The lowest BCUT2D eigenvalue weighted by atomic mass is 10.2. The van der Waals surface area contributed by atoms with E-state index in [2.05, 4.69) is 4.90 Å². The molecule has 1 aliphatic heterocycles. The van der Waals surface area contributed by atoms with Gasteiger partial charge < -0.3 is 4.74 Å². The van der Waals surface area contributed by atoms with Gasteiger partial charge in [-0.25, -0.2) is 17.2 Å². The molecule has 26 heavy (non-hydrogen) atoms. The number of hydrogen-bond acceptors (Lipinski definition) is 4. The van der Waals surface area contributed by atoms with Crippen LogP contribution in [0, 0.1) is 11.6 Å². The first-order valence-electron chi connectivity index (χ1n) is 8.20. The summed E-state index contributed by atoms with van der Waals surface area (Å²) in [5.74, 6) is -0.947. The van der Waals surface area contributed by atoms with Crippen LogP contribution in [0.4, 0.5) is 8.78 Å². The van der Waals surface area contributed by atoms with Crippen LogP contribution in [0.25, 0.3) is 0 Å². The van der Waals surface area contributed by atoms with Crippen molar-refractivity contribution in [2.75, 3.05) is 33.3 Å². The molecule has 0 spiro atoms. The number of hydrogen-bond donors (Lipinski definition) is 0. The second kappa shape index (κ2) is 7.69. The molecule has 1 aliphatic rings. The van der Waals surface area contributed by atoms with Gasteiger partial charge in [-0.3, -0.25) is 4.90 Å². The fourth-order valence-electron chi connectivity index (χ4n) is 2.97. The highest BCUT2D eigenvalue weighted by Crippen LogP contribution is 2.22. The molecule has 1 heterocycles. The van der Waals surface area contributed by atoms with Crippen LogP contribution in [-0.2, 0) is 16.6 Å². The van der Waals surface area contributed by atoms with Gasteiger partial charge in [0, 0.05) is 32.7 Å². The topological polar surface area (TPSA) is 49.9 Å². The predicted octanol–water partition coefficient (Wildman–Crippen LogP) is 2.48. The van der Waals surface area contributed by atoms with E-state index in [9.17, 15) is 17.2 Å². The summed E-state index contributed by atoms with van der Waals surface area (Å²) in [7, 11) is -2.45. The summed E-state index contributed by atoms with van der Waals surface area (Å²) < 4.78 is 58.8. The molecule has 0 amide bonds. The van der Waals surface area contributed by atoms with Crippen molar-refractivity contribution in [3.63, 3.8) is 0 Å². The minimum Gasteiger partial charge on any atom is -0.497 e. The third-order valence-corrected chi connectivity index (χ3v) is 6.30. The second-order valence-electron chi connectivity index (χ2n) is 6.11. The second-order valence-corrected chi connectivity index (χ2v) is 8.01. The molecule has 2 aromatic carbocycles. The quantitative estimate of drug-likeness (QED) is 0.797. The minimum atomic E-state index is -4.05. The average Bonchev–Trinajstić information content (AvgIpc) is 2.64. The number of ether oxygens (including phenoxy) is 1. The van der Waals surface area contributed by atoms with Gasteiger partial charge in [-0.2, -0.15) is 4.31 Å². The van der Waals surface area contributed by atoms with Crippen LogP contribution in [-0.4, -0.2) is 50.9 Å². The Balaban J connectivity index is 1.67. The number of benzene rings is 2. The molecule has 0 unspecified atom stereocenters. The fourth-order valence-corrected chi connectivity index (χ4v) is 4.47. The van der Waals surface area contributed by atoms with Crippen molar-refractivity contribution in [1.82, 2.24) is 9.21 Å². The zero-order chi connectivity index (χ0) is 18.7. The van der Waals surface area contributed by atoms with Gasteiger partial charge in [0.2, 0.25) is 10.0 Å². The molecule has 0 aromatic heterocycles. The predicted molar refractivity (Wildman–Crippen MR) is 93.4 cm³/mol. The molecule has 0 radical (unpaired) electrons. The van der Waals surface area contributed by atoms with E-state index >= 15 is 0 Å². The molecular weight excluding hydrogens is 362 g/mol. The number of piperazine rings is 1. The number of sulfonamides is 1. The van der Waals surface area contributed by atoms with Gasteiger partial charge in [0.1, 0.15) is 22.3 Å². The normalized spacial score (nSPS) is 16.6. The van der Waals surface area contributed by atoms with E-state index in [1.54, 1.807) is 7.11 Å². The van der Waals surface area contributed by atoms with Crippen molar-refractivity contribution >= 4 is 10.0 Å². The Hall–Kier alpha value is -2.03. The van der Waals surface area contributed by atoms with Crippen molar-refractivity contribution in [3.05, 3.63) is 59.7 Å². The number of methoxy groups -OCH3 is 1. The van der Waals surface area contributed by atoms with E-state index in [1.807, 2.05) is 24.3 Å². The van der Waals surface area contributed by atoms with Crippen molar-refractivity contribution in [1.29, 1.82) is 0 Å². The number of halogens is 2. The summed E-state index contributed by atoms with van der Waals surface area (Å²) in [6.45, 7) is 2.13. The van der Waals surface area contributed by atoms with E-state index in [-0.39, 0.29) is 13.1 Å². The van der Waals surface area contributed by atoms with Gasteiger partial charge in [-0.15, -0.1) is 0 Å². The van der Waals surface area contributed by atoms with Crippen LogP contribution in [0.1, 0.15) is 5.56 Å². The van der Waals surface area contributed by atoms with E-state index in [1.165, 1.54) is 4.31 Å². The Morgan fingerprint density at radius 2 is 1.77 bits per heavy atom. The lowest BCUT2D eigenvalue weighted by molar-refractivity contribution is 0.181. The van der Waals surface area contributed by atoms with Crippen molar-refractivity contribution in [2.45, 2.75) is 11.4 Å². The van der Waals surface area contributed by atoms with Gasteiger partial charge >= 0.3 is 0 Å². The lowest BCUT2D eigenvalue weighted by Crippen LogP contribution is -2.48.